The summed E-state index contributed by atoms with van der Waals surface area (Å²) in [6, 6.07) is 5.18. The molecule has 148 valence electrons. The number of rotatable bonds is 4. The maximum Gasteiger partial charge on any atom is 0.331 e. The number of quaternary nitrogens is 1. The van der Waals surface area contributed by atoms with Crippen molar-refractivity contribution in [3.05, 3.63) is 55.9 Å². The van der Waals surface area contributed by atoms with E-state index in [1.165, 1.54) is 4.57 Å². The molecule has 8 heteroatoms. The number of aromatic amines is 2. The van der Waals surface area contributed by atoms with E-state index < -0.39 is 17.3 Å². The van der Waals surface area contributed by atoms with Crippen LogP contribution < -0.4 is 21.3 Å². The predicted octanol–water partition coefficient (Wildman–Crippen LogP) is 0.912. The number of aromatic hydroxyl groups is 1. The molecule has 8 nitrogen and oxygen atoms in total. The Balaban J connectivity index is 1.94. The standard InChI is InChI=1S/C20H24N4O4/c1-4-10(2)24-19(26)15(18(25)23-20(24)27)17-16-12(7-8-21-17)13-9-11(28-3)5-6-14(13)22-16/h5-6,9-10,17,21-22,26H,4,7-8H2,1-3H3,(H,23,25,27)/p+1/t10-,17-/m0/s1. The minimum Gasteiger partial charge on any atom is -0.497 e. The molecule has 0 saturated heterocycles. The average molecular weight is 385 g/mol. The van der Waals surface area contributed by atoms with E-state index in [2.05, 4.69) is 9.97 Å². The normalized spacial score (nSPS) is 17.5. The summed E-state index contributed by atoms with van der Waals surface area (Å²) in [6.45, 7) is 4.54. The molecule has 1 aliphatic heterocycles. The van der Waals surface area contributed by atoms with Crippen molar-refractivity contribution in [2.24, 2.45) is 0 Å². The van der Waals surface area contributed by atoms with Crippen LogP contribution in [0.25, 0.3) is 10.9 Å². The molecule has 0 aliphatic carbocycles. The third kappa shape index (κ3) is 2.72. The number of hydrogen-bond acceptors (Lipinski definition) is 4. The molecule has 0 fully saturated rings. The highest BCUT2D eigenvalue weighted by Gasteiger charge is 2.34. The molecule has 0 amide bonds. The van der Waals surface area contributed by atoms with Crippen molar-refractivity contribution >= 4 is 10.9 Å². The first-order valence-corrected chi connectivity index (χ1v) is 9.55. The van der Waals surface area contributed by atoms with E-state index in [0.717, 1.165) is 40.9 Å². The van der Waals surface area contributed by atoms with Crippen LogP contribution in [-0.4, -0.2) is 33.3 Å². The van der Waals surface area contributed by atoms with Gasteiger partial charge in [0.15, 0.2) is 6.04 Å². The van der Waals surface area contributed by atoms with Crippen LogP contribution in [0.4, 0.5) is 0 Å². The molecule has 0 spiro atoms. The highest BCUT2D eigenvalue weighted by atomic mass is 16.5. The molecule has 0 saturated carbocycles. The second kappa shape index (κ2) is 6.87. The Hall–Kier alpha value is -3.00. The topological polar surface area (TPSA) is 117 Å². The molecule has 0 radical (unpaired) electrons. The lowest BCUT2D eigenvalue weighted by atomic mass is 9.95. The van der Waals surface area contributed by atoms with Gasteiger partial charge in [-0.2, -0.15) is 0 Å². The van der Waals surface area contributed by atoms with Gasteiger partial charge in [0.05, 0.1) is 19.3 Å². The molecule has 3 aromatic rings. The predicted molar refractivity (Wildman–Crippen MR) is 105 cm³/mol. The summed E-state index contributed by atoms with van der Waals surface area (Å²) >= 11 is 0. The molecule has 2 atom stereocenters. The number of aromatic nitrogens is 3. The second-order valence-corrected chi connectivity index (χ2v) is 7.30. The molecule has 4 rings (SSSR count). The number of hydrogen-bond donors (Lipinski definition) is 4. The van der Waals surface area contributed by atoms with Gasteiger partial charge in [-0.05, 0) is 37.1 Å². The highest BCUT2D eigenvalue weighted by molar-refractivity contribution is 5.86. The minimum absolute atomic E-state index is 0.208. The largest absolute Gasteiger partial charge is 0.497 e. The lowest BCUT2D eigenvalue weighted by Crippen LogP contribution is -2.87. The minimum atomic E-state index is -0.585. The molecule has 5 N–H and O–H groups in total. The molecular weight excluding hydrogens is 360 g/mol. The van der Waals surface area contributed by atoms with Crippen LogP contribution in [0.5, 0.6) is 11.6 Å². The summed E-state index contributed by atoms with van der Waals surface area (Å²) in [5, 5.41) is 13.9. The molecule has 1 aliphatic rings. The van der Waals surface area contributed by atoms with Crippen molar-refractivity contribution in [3.63, 3.8) is 0 Å². The maximum atomic E-state index is 12.7. The van der Waals surface area contributed by atoms with Gasteiger partial charge in [0.1, 0.15) is 11.3 Å². The quantitative estimate of drug-likeness (QED) is 0.534. The molecule has 3 heterocycles. The first-order chi connectivity index (χ1) is 13.5. The SMILES string of the molecule is CC[C@H](C)n1c(O)c([C@@H]2[NH2+]CCc3c2[nH]c2ccc(OC)cc32)c(=O)[nH]c1=O. The number of ether oxygens (including phenoxy) is 1. The van der Waals surface area contributed by atoms with E-state index in [4.69, 9.17) is 4.74 Å². The number of H-pyrrole nitrogens is 2. The average Bonchev–Trinajstić information content (AvgIpc) is 3.06. The Morgan fingerprint density at radius 3 is 2.86 bits per heavy atom. The van der Waals surface area contributed by atoms with Crippen LogP contribution in [0, 0.1) is 0 Å². The van der Waals surface area contributed by atoms with Crippen molar-refractivity contribution in [1.82, 2.24) is 14.5 Å². The summed E-state index contributed by atoms with van der Waals surface area (Å²) in [5.74, 6) is 0.514. The van der Waals surface area contributed by atoms with Gasteiger partial charge in [-0.25, -0.2) is 4.79 Å². The fourth-order valence-corrected chi connectivity index (χ4v) is 4.11. The van der Waals surface area contributed by atoms with Crippen molar-refractivity contribution in [1.29, 1.82) is 0 Å². The van der Waals surface area contributed by atoms with Gasteiger partial charge >= 0.3 is 5.69 Å². The summed E-state index contributed by atoms with van der Waals surface area (Å²) in [6.07, 6.45) is 1.49. The van der Waals surface area contributed by atoms with Crippen LogP contribution in [-0.2, 0) is 6.42 Å². The van der Waals surface area contributed by atoms with Gasteiger partial charge < -0.3 is 20.1 Å². The van der Waals surface area contributed by atoms with Gasteiger partial charge in [-0.1, -0.05) is 6.92 Å². The monoisotopic (exact) mass is 385 g/mol. The smallest absolute Gasteiger partial charge is 0.331 e. The lowest BCUT2D eigenvalue weighted by molar-refractivity contribution is -0.690. The Morgan fingerprint density at radius 1 is 1.36 bits per heavy atom. The zero-order valence-corrected chi connectivity index (χ0v) is 16.2. The third-order valence-electron chi connectivity index (χ3n) is 5.75. The van der Waals surface area contributed by atoms with E-state index in [0.29, 0.717) is 6.42 Å². The molecule has 28 heavy (non-hydrogen) atoms. The molecule has 0 bridgehead atoms. The zero-order chi connectivity index (χ0) is 20.0. The molecular formula is C20H25N4O4+. The summed E-state index contributed by atoms with van der Waals surface area (Å²) < 4.78 is 6.61. The Labute approximate surface area is 161 Å². The second-order valence-electron chi connectivity index (χ2n) is 7.30. The van der Waals surface area contributed by atoms with Crippen LogP contribution in [0.1, 0.15) is 49.2 Å². The Kier molecular flexibility index (Phi) is 4.50. The van der Waals surface area contributed by atoms with Crippen LogP contribution in [0.3, 0.4) is 0 Å². The number of benzene rings is 1. The summed E-state index contributed by atoms with van der Waals surface area (Å²) in [5.41, 5.74) is 2.02. The molecule has 0 unspecified atom stereocenters. The first kappa shape index (κ1) is 18.4. The Morgan fingerprint density at radius 2 is 2.14 bits per heavy atom. The van der Waals surface area contributed by atoms with Gasteiger partial charge in [0.25, 0.3) is 5.56 Å². The lowest BCUT2D eigenvalue weighted by Gasteiger charge is -2.23. The van der Waals surface area contributed by atoms with Crippen LogP contribution >= 0.6 is 0 Å². The van der Waals surface area contributed by atoms with Gasteiger partial charge in [-0.15, -0.1) is 0 Å². The summed E-state index contributed by atoms with van der Waals surface area (Å²) in [7, 11) is 1.63. The third-order valence-corrected chi connectivity index (χ3v) is 5.75. The van der Waals surface area contributed by atoms with Crippen LogP contribution in [0.15, 0.2) is 27.8 Å². The number of nitrogens with zero attached hydrogens (tertiary/aromatic N) is 1. The van der Waals surface area contributed by atoms with Crippen molar-refractivity contribution in [2.75, 3.05) is 13.7 Å². The summed E-state index contributed by atoms with van der Waals surface area (Å²) in [4.78, 5) is 30.7. The van der Waals surface area contributed by atoms with Gasteiger partial charge in [0, 0.05) is 23.4 Å². The van der Waals surface area contributed by atoms with E-state index in [-0.39, 0.29) is 17.5 Å². The zero-order valence-electron chi connectivity index (χ0n) is 16.2. The van der Waals surface area contributed by atoms with Crippen LogP contribution in [0.2, 0.25) is 0 Å². The Bertz CT molecular complexity index is 1160. The maximum absolute atomic E-state index is 12.7. The highest BCUT2D eigenvalue weighted by Crippen LogP contribution is 2.34. The fourth-order valence-electron chi connectivity index (χ4n) is 4.11. The van der Waals surface area contributed by atoms with Crippen molar-refractivity contribution < 1.29 is 15.2 Å². The van der Waals surface area contributed by atoms with Crippen molar-refractivity contribution in [2.45, 2.75) is 38.8 Å². The van der Waals surface area contributed by atoms with E-state index >= 15 is 0 Å². The molecule has 1 aromatic carbocycles. The van der Waals surface area contributed by atoms with E-state index in [9.17, 15) is 14.7 Å². The number of fused-ring (bicyclic) bond motifs is 3. The van der Waals surface area contributed by atoms with Crippen molar-refractivity contribution in [3.8, 4) is 11.6 Å². The number of methoxy groups -OCH3 is 1. The van der Waals surface area contributed by atoms with E-state index in [1.54, 1.807) is 7.11 Å². The molecule has 2 aromatic heterocycles. The number of nitrogens with two attached hydrogens (primary N) is 1. The van der Waals surface area contributed by atoms with Gasteiger partial charge in [-0.3, -0.25) is 14.3 Å². The fraction of sp³-hybridized carbons (Fsp3) is 0.400. The van der Waals surface area contributed by atoms with Gasteiger partial charge in [0.2, 0.25) is 5.88 Å². The first-order valence-electron chi connectivity index (χ1n) is 9.55. The van der Waals surface area contributed by atoms with E-state index in [1.807, 2.05) is 37.4 Å². The number of nitrogens with one attached hydrogen (secondary N) is 2.